The van der Waals surface area contributed by atoms with Gasteiger partial charge in [-0.3, -0.25) is 4.72 Å². The van der Waals surface area contributed by atoms with Crippen molar-refractivity contribution in [1.29, 1.82) is 5.26 Å². The Balaban J connectivity index is 2.33. The fourth-order valence-electron chi connectivity index (χ4n) is 1.29. The highest BCUT2D eigenvalue weighted by atomic mass is 32.2. The zero-order valence-electron chi connectivity index (χ0n) is 9.61. The first-order valence-electron chi connectivity index (χ1n) is 5.12. The molecule has 0 saturated heterocycles. The third-order valence-corrected chi connectivity index (χ3v) is 3.56. The normalized spacial score (nSPS) is 10.7. The Labute approximate surface area is 109 Å². The summed E-state index contributed by atoms with van der Waals surface area (Å²) in [6, 6.07) is 7.53. The first-order valence-corrected chi connectivity index (χ1v) is 6.61. The van der Waals surface area contributed by atoms with Gasteiger partial charge in [0, 0.05) is 12.4 Å². The minimum absolute atomic E-state index is 0.0480. The van der Waals surface area contributed by atoms with Gasteiger partial charge < -0.3 is 5.73 Å². The molecule has 2 aromatic rings. The van der Waals surface area contributed by atoms with E-state index in [4.69, 9.17) is 11.0 Å². The van der Waals surface area contributed by atoms with Crippen molar-refractivity contribution >= 4 is 21.5 Å². The minimum Gasteiger partial charge on any atom is -0.396 e. The maximum absolute atomic E-state index is 12.0. The molecule has 7 nitrogen and oxygen atoms in total. The van der Waals surface area contributed by atoms with Gasteiger partial charge in [0.1, 0.15) is 16.7 Å². The third-order valence-electron chi connectivity index (χ3n) is 2.23. The Morgan fingerprint density at radius 3 is 2.63 bits per heavy atom. The molecule has 0 aliphatic rings. The number of hydrogen-bond donors (Lipinski definition) is 2. The molecular weight excluding hydrogens is 266 g/mol. The number of sulfonamides is 1. The Morgan fingerprint density at radius 2 is 2.05 bits per heavy atom. The van der Waals surface area contributed by atoms with Crippen molar-refractivity contribution in [1.82, 2.24) is 9.97 Å². The average Bonchev–Trinajstić information content (AvgIpc) is 2.41. The van der Waals surface area contributed by atoms with E-state index in [0.717, 1.165) is 6.20 Å². The Kier molecular flexibility index (Phi) is 3.31. The van der Waals surface area contributed by atoms with Crippen molar-refractivity contribution in [3.05, 3.63) is 42.4 Å². The fraction of sp³-hybridized carbons (Fsp3) is 0. The fourth-order valence-corrected chi connectivity index (χ4v) is 2.28. The van der Waals surface area contributed by atoms with Crippen molar-refractivity contribution in [2.24, 2.45) is 0 Å². The predicted molar refractivity (Wildman–Crippen MR) is 68.4 cm³/mol. The van der Waals surface area contributed by atoms with E-state index < -0.39 is 10.0 Å². The number of rotatable bonds is 3. The number of nitrogens with zero attached hydrogens (tertiary/aromatic N) is 3. The number of anilines is 2. The number of nitrogens with one attached hydrogen (secondary N) is 1. The number of nitrogen functional groups attached to an aromatic ring is 1. The van der Waals surface area contributed by atoms with E-state index in [1.54, 1.807) is 12.1 Å². The van der Waals surface area contributed by atoms with Gasteiger partial charge in [0.15, 0.2) is 5.82 Å². The molecule has 2 rings (SSSR count). The summed E-state index contributed by atoms with van der Waals surface area (Å²) < 4.78 is 26.3. The lowest BCUT2D eigenvalue weighted by atomic mass is 10.4. The largest absolute Gasteiger partial charge is 0.396 e. The molecule has 0 amide bonds. The molecule has 0 atom stereocenters. The highest BCUT2D eigenvalue weighted by Gasteiger charge is 2.16. The van der Waals surface area contributed by atoms with Crippen LogP contribution in [0.25, 0.3) is 0 Å². The lowest BCUT2D eigenvalue weighted by molar-refractivity contribution is 0.600. The Bertz CT molecular complexity index is 734. The lowest BCUT2D eigenvalue weighted by Gasteiger charge is -2.08. The molecule has 96 valence electrons. The predicted octanol–water partition coefficient (Wildman–Crippen LogP) is 0.731. The third kappa shape index (κ3) is 2.78. The first kappa shape index (κ1) is 12.8. The van der Waals surface area contributed by atoms with E-state index in [0.29, 0.717) is 0 Å². The second-order valence-corrected chi connectivity index (χ2v) is 5.22. The Hall–Kier alpha value is -2.66. The minimum atomic E-state index is -3.83. The van der Waals surface area contributed by atoms with Crippen LogP contribution in [-0.2, 0) is 10.0 Å². The monoisotopic (exact) mass is 275 g/mol. The van der Waals surface area contributed by atoms with Gasteiger partial charge in [-0.1, -0.05) is 0 Å². The maximum Gasteiger partial charge on any atom is 0.264 e. The van der Waals surface area contributed by atoms with Crippen molar-refractivity contribution in [3.8, 4) is 6.07 Å². The molecule has 0 bridgehead atoms. The molecular formula is C11H9N5O2S. The Morgan fingerprint density at radius 1 is 1.26 bits per heavy atom. The topological polar surface area (TPSA) is 122 Å². The van der Waals surface area contributed by atoms with Gasteiger partial charge in [-0.05, 0) is 24.3 Å². The molecule has 0 spiro atoms. The summed E-state index contributed by atoms with van der Waals surface area (Å²) in [6.07, 6.45) is 2.52. The van der Waals surface area contributed by atoms with Gasteiger partial charge in [-0.15, -0.1) is 0 Å². The second kappa shape index (κ2) is 4.91. The highest BCUT2D eigenvalue weighted by molar-refractivity contribution is 7.92. The summed E-state index contributed by atoms with van der Waals surface area (Å²) in [4.78, 5) is 7.46. The van der Waals surface area contributed by atoms with Gasteiger partial charge in [0.05, 0.1) is 5.69 Å². The van der Waals surface area contributed by atoms with Crippen LogP contribution in [0.4, 0.5) is 11.5 Å². The summed E-state index contributed by atoms with van der Waals surface area (Å²) >= 11 is 0. The zero-order valence-corrected chi connectivity index (χ0v) is 10.4. The zero-order chi connectivity index (χ0) is 13.9. The number of hydrogen-bond acceptors (Lipinski definition) is 6. The van der Waals surface area contributed by atoms with Crippen LogP contribution < -0.4 is 10.5 Å². The maximum atomic E-state index is 12.0. The van der Waals surface area contributed by atoms with Crippen LogP contribution >= 0.6 is 0 Å². The van der Waals surface area contributed by atoms with Crippen molar-refractivity contribution in [2.75, 3.05) is 10.5 Å². The van der Waals surface area contributed by atoms with Crippen molar-refractivity contribution in [2.45, 2.75) is 4.90 Å². The number of aromatic nitrogens is 2. The molecule has 3 N–H and O–H groups in total. The molecule has 0 fully saturated rings. The van der Waals surface area contributed by atoms with Crippen LogP contribution in [0.15, 0.2) is 41.6 Å². The first-order chi connectivity index (χ1) is 9.03. The van der Waals surface area contributed by atoms with E-state index >= 15 is 0 Å². The highest BCUT2D eigenvalue weighted by Crippen LogP contribution is 2.18. The van der Waals surface area contributed by atoms with E-state index in [-0.39, 0.29) is 22.1 Å². The van der Waals surface area contributed by atoms with Gasteiger partial charge >= 0.3 is 0 Å². The summed E-state index contributed by atoms with van der Waals surface area (Å²) in [7, 11) is -3.83. The quantitative estimate of drug-likeness (QED) is 0.851. The molecule has 0 saturated carbocycles. The standard InChI is InChI=1S/C11H9N5O2S/c12-6-8-3-4-9(7-15-8)19(17,18)16-11-10(13)2-1-5-14-11/h1-5,7H,13H2,(H,14,16). The van der Waals surface area contributed by atoms with E-state index in [1.807, 2.05) is 0 Å². The van der Waals surface area contributed by atoms with Crippen LogP contribution in [0.2, 0.25) is 0 Å². The smallest absolute Gasteiger partial charge is 0.264 e. The van der Waals surface area contributed by atoms with Gasteiger partial charge in [-0.2, -0.15) is 5.26 Å². The van der Waals surface area contributed by atoms with Gasteiger partial charge in [-0.25, -0.2) is 18.4 Å². The molecule has 19 heavy (non-hydrogen) atoms. The number of nitriles is 1. The van der Waals surface area contributed by atoms with Crippen LogP contribution in [0.1, 0.15) is 5.69 Å². The molecule has 8 heteroatoms. The average molecular weight is 275 g/mol. The van der Waals surface area contributed by atoms with Crippen LogP contribution in [0.5, 0.6) is 0 Å². The molecule has 0 aliphatic heterocycles. The van der Waals surface area contributed by atoms with Gasteiger partial charge in [0.2, 0.25) is 0 Å². The van der Waals surface area contributed by atoms with Gasteiger partial charge in [0.25, 0.3) is 10.0 Å². The van der Waals surface area contributed by atoms with Crippen LogP contribution in [-0.4, -0.2) is 18.4 Å². The summed E-state index contributed by atoms with van der Waals surface area (Å²) in [5.41, 5.74) is 5.95. The molecule has 0 aromatic carbocycles. The van der Waals surface area contributed by atoms with Crippen molar-refractivity contribution in [3.63, 3.8) is 0 Å². The van der Waals surface area contributed by atoms with Crippen molar-refractivity contribution < 1.29 is 8.42 Å². The van der Waals surface area contributed by atoms with Crippen LogP contribution in [0, 0.1) is 11.3 Å². The molecule has 2 aromatic heterocycles. The summed E-state index contributed by atoms with van der Waals surface area (Å²) in [5.74, 6) is 0.0480. The van der Waals surface area contributed by atoms with E-state index in [9.17, 15) is 8.42 Å². The number of nitrogens with two attached hydrogens (primary N) is 1. The number of pyridine rings is 2. The molecule has 0 unspecified atom stereocenters. The lowest BCUT2D eigenvalue weighted by Crippen LogP contribution is -2.15. The second-order valence-electron chi connectivity index (χ2n) is 3.54. The SMILES string of the molecule is N#Cc1ccc(S(=O)(=O)Nc2ncccc2N)cn1. The van der Waals surface area contributed by atoms with E-state index in [1.165, 1.54) is 24.4 Å². The summed E-state index contributed by atoms with van der Waals surface area (Å²) in [5, 5.41) is 8.60. The van der Waals surface area contributed by atoms with E-state index in [2.05, 4.69) is 14.7 Å². The summed E-state index contributed by atoms with van der Waals surface area (Å²) in [6.45, 7) is 0. The molecule has 0 radical (unpaired) electrons. The molecule has 2 heterocycles. The van der Waals surface area contributed by atoms with Crippen LogP contribution in [0.3, 0.4) is 0 Å². The molecule has 0 aliphatic carbocycles.